The highest BCUT2D eigenvalue weighted by Crippen LogP contribution is 2.23. The Labute approximate surface area is 92.3 Å². The summed E-state index contributed by atoms with van der Waals surface area (Å²) in [5.41, 5.74) is 6.88. The maximum atomic E-state index is 5.80. The summed E-state index contributed by atoms with van der Waals surface area (Å²) in [7, 11) is 0. The zero-order valence-electron chi connectivity index (χ0n) is 8.34. The number of nitrogens with one attached hydrogen (secondary N) is 1. The van der Waals surface area contributed by atoms with Crippen LogP contribution in [0.15, 0.2) is 40.9 Å². The molecule has 0 amide bonds. The SMILES string of the molecule is C[C@@H](N)c1ccnc(Sc2ncc[nH]2)c1. The van der Waals surface area contributed by atoms with E-state index in [4.69, 9.17) is 5.73 Å². The molecule has 5 heteroatoms. The van der Waals surface area contributed by atoms with Crippen molar-refractivity contribution in [2.45, 2.75) is 23.1 Å². The number of rotatable bonds is 3. The lowest BCUT2D eigenvalue weighted by Gasteiger charge is -2.05. The molecule has 3 N–H and O–H groups in total. The third-order valence-electron chi connectivity index (χ3n) is 1.96. The van der Waals surface area contributed by atoms with Crippen LogP contribution in [-0.2, 0) is 0 Å². The largest absolute Gasteiger partial charge is 0.339 e. The molecule has 15 heavy (non-hydrogen) atoms. The molecule has 0 bridgehead atoms. The fraction of sp³-hybridized carbons (Fsp3) is 0.200. The molecule has 1 atom stereocenters. The number of hydrogen-bond donors (Lipinski definition) is 2. The van der Waals surface area contributed by atoms with E-state index in [1.54, 1.807) is 18.6 Å². The van der Waals surface area contributed by atoms with Crippen molar-refractivity contribution in [3.05, 3.63) is 36.3 Å². The maximum Gasteiger partial charge on any atom is 0.171 e. The van der Waals surface area contributed by atoms with Crippen LogP contribution in [0.25, 0.3) is 0 Å². The monoisotopic (exact) mass is 220 g/mol. The molecule has 78 valence electrons. The zero-order valence-corrected chi connectivity index (χ0v) is 9.16. The summed E-state index contributed by atoms with van der Waals surface area (Å²) in [6, 6.07) is 3.94. The van der Waals surface area contributed by atoms with E-state index < -0.39 is 0 Å². The summed E-state index contributed by atoms with van der Waals surface area (Å²) in [5, 5.41) is 1.74. The molecular weight excluding hydrogens is 208 g/mol. The zero-order chi connectivity index (χ0) is 10.7. The first-order valence-electron chi connectivity index (χ1n) is 4.64. The number of aromatic amines is 1. The summed E-state index contributed by atoms with van der Waals surface area (Å²) in [5.74, 6) is 0. The van der Waals surface area contributed by atoms with Gasteiger partial charge in [-0.1, -0.05) is 0 Å². The predicted molar refractivity (Wildman–Crippen MR) is 59.6 cm³/mol. The quantitative estimate of drug-likeness (QED) is 0.830. The van der Waals surface area contributed by atoms with Crippen LogP contribution < -0.4 is 5.73 Å². The van der Waals surface area contributed by atoms with Crippen molar-refractivity contribution in [2.24, 2.45) is 5.73 Å². The van der Waals surface area contributed by atoms with Gasteiger partial charge in [-0.3, -0.25) is 0 Å². The Morgan fingerprint density at radius 2 is 2.27 bits per heavy atom. The summed E-state index contributed by atoms with van der Waals surface area (Å²) in [6.45, 7) is 1.96. The molecular formula is C10H12N4S. The Morgan fingerprint density at radius 3 is 2.93 bits per heavy atom. The van der Waals surface area contributed by atoms with Gasteiger partial charge in [-0.2, -0.15) is 0 Å². The number of H-pyrrole nitrogens is 1. The Morgan fingerprint density at radius 1 is 1.40 bits per heavy atom. The van der Waals surface area contributed by atoms with Crippen molar-refractivity contribution in [1.82, 2.24) is 15.0 Å². The highest BCUT2D eigenvalue weighted by Gasteiger charge is 2.04. The van der Waals surface area contributed by atoms with Crippen LogP contribution in [0, 0.1) is 0 Å². The number of hydrogen-bond acceptors (Lipinski definition) is 4. The first kappa shape index (κ1) is 10.2. The Hall–Kier alpha value is -1.33. The van der Waals surface area contributed by atoms with Crippen molar-refractivity contribution in [3.63, 3.8) is 0 Å². The molecule has 0 saturated carbocycles. The van der Waals surface area contributed by atoms with Gasteiger partial charge in [0.15, 0.2) is 5.16 Å². The first-order valence-corrected chi connectivity index (χ1v) is 5.46. The van der Waals surface area contributed by atoms with Crippen LogP contribution in [0.3, 0.4) is 0 Å². The lowest BCUT2D eigenvalue weighted by atomic mass is 10.1. The number of pyridine rings is 1. The van der Waals surface area contributed by atoms with E-state index in [1.807, 2.05) is 19.1 Å². The molecule has 2 aromatic rings. The molecule has 0 aliphatic rings. The highest BCUT2D eigenvalue weighted by molar-refractivity contribution is 7.99. The van der Waals surface area contributed by atoms with Gasteiger partial charge in [0.2, 0.25) is 0 Å². The van der Waals surface area contributed by atoms with Crippen LogP contribution in [-0.4, -0.2) is 15.0 Å². The Bertz CT molecular complexity index is 425. The van der Waals surface area contributed by atoms with Gasteiger partial charge in [-0.25, -0.2) is 9.97 Å². The molecule has 0 radical (unpaired) electrons. The third kappa shape index (κ3) is 2.57. The van der Waals surface area contributed by atoms with Crippen molar-refractivity contribution in [3.8, 4) is 0 Å². The molecule has 2 aromatic heterocycles. The van der Waals surface area contributed by atoms with Crippen LogP contribution >= 0.6 is 11.8 Å². The van der Waals surface area contributed by atoms with Gasteiger partial charge in [0, 0.05) is 24.6 Å². The molecule has 0 saturated heterocycles. The second-order valence-electron chi connectivity index (χ2n) is 3.21. The van der Waals surface area contributed by atoms with Gasteiger partial charge in [0.25, 0.3) is 0 Å². The molecule has 0 unspecified atom stereocenters. The molecule has 0 aliphatic carbocycles. The number of nitrogens with two attached hydrogens (primary N) is 1. The normalized spacial score (nSPS) is 12.7. The van der Waals surface area contributed by atoms with Crippen LogP contribution in [0.5, 0.6) is 0 Å². The molecule has 2 heterocycles. The topological polar surface area (TPSA) is 67.6 Å². The summed E-state index contributed by atoms with van der Waals surface area (Å²) in [4.78, 5) is 11.4. The van der Waals surface area contributed by atoms with E-state index in [-0.39, 0.29) is 6.04 Å². The van der Waals surface area contributed by atoms with E-state index in [0.29, 0.717) is 0 Å². The van der Waals surface area contributed by atoms with Gasteiger partial charge in [0.1, 0.15) is 5.03 Å². The van der Waals surface area contributed by atoms with E-state index in [0.717, 1.165) is 15.7 Å². The number of aromatic nitrogens is 3. The highest BCUT2D eigenvalue weighted by atomic mass is 32.2. The second-order valence-corrected chi connectivity index (χ2v) is 4.22. The van der Waals surface area contributed by atoms with E-state index in [9.17, 15) is 0 Å². The summed E-state index contributed by atoms with van der Waals surface area (Å²) >= 11 is 1.49. The van der Waals surface area contributed by atoms with Crippen molar-refractivity contribution in [2.75, 3.05) is 0 Å². The molecule has 0 aromatic carbocycles. The molecule has 0 spiro atoms. The fourth-order valence-electron chi connectivity index (χ4n) is 1.17. The van der Waals surface area contributed by atoms with Crippen LogP contribution in [0.1, 0.15) is 18.5 Å². The molecule has 2 rings (SSSR count). The van der Waals surface area contributed by atoms with E-state index in [2.05, 4.69) is 15.0 Å². The van der Waals surface area contributed by atoms with Gasteiger partial charge < -0.3 is 10.7 Å². The Balaban J connectivity index is 2.18. The maximum absolute atomic E-state index is 5.80. The standard InChI is InChI=1S/C10H12N4S/c1-7(11)8-2-3-12-9(6-8)15-10-13-4-5-14-10/h2-7H,11H2,1H3,(H,13,14)/t7-/m1/s1. The Kier molecular flexibility index (Phi) is 3.03. The lowest BCUT2D eigenvalue weighted by molar-refractivity contribution is 0.808. The minimum absolute atomic E-state index is 0.0314. The lowest BCUT2D eigenvalue weighted by Crippen LogP contribution is -2.04. The van der Waals surface area contributed by atoms with Crippen molar-refractivity contribution < 1.29 is 0 Å². The average molecular weight is 220 g/mol. The van der Waals surface area contributed by atoms with Gasteiger partial charge in [-0.05, 0) is 36.4 Å². The summed E-state index contributed by atoms with van der Waals surface area (Å²) < 4.78 is 0. The molecule has 4 nitrogen and oxygen atoms in total. The van der Waals surface area contributed by atoms with Crippen molar-refractivity contribution in [1.29, 1.82) is 0 Å². The minimum Gasteiger partial charge on any atom is -0.339 e. The van der Waals surface area contributed by atoms with E-state index >= 15 is 0 Å². The first-order chi connectivity index (χ1) is 7.25. The molecule has 0 aliphatic heterocycles. The van der Waals surface area contributed by atoms with Gasteiger partial charge in [0.05, 0.1) is 0 Å². The summed E-state index contributed by atoms with van der Waals surface area (Å²) in [6.07, 6.45) is 5.28. The minimum atomic E-state index is 0.0314. The number of nitrogens with zero attached hydrogens (tertiary/aromatic N) is 2. The van der Waals surface area contributed by atoms with E-state index in [1.165, 1.54) is 11.8 Å². The van der Waals surface area contributed by atoms with Crippen LogP contribution in [0.4, 0.5) is 0 Å². The number of imidazole rings is 1. The van der Waals surface area contributed by atoms with Crippen molar-refractivity contribution >= 4 is 11.8 Å². The smallest absolute Gasteiger partial charge is 0.171 e. The second kappa shape index (κ2) is 4.46. The van der Waals surface area contributed by atoms with Gasteiger partial charge >= 0.3 is 0 Å². The van der Waals surface area contributed by atoms with Crippen LogP contribution in [0.2, 0.25) is 0 Å². The predicted octanol–water partition coefficient (Wildman–Crippen LogP) is 1.98. The third-order valence-corrected chi connectivity index (χ3v) is 2.81. The average Bonchev–Trinajstić information content (AvgIpc) is 2.71. The fourth-order valence-corrected chi connectivity index (χ4v) is 1.92. The molecule has 0 fully saturated rings. The van der Waals surface area contributed by atoms with Gasteiger partial charge in [-0.15, -0.1) is 0 Å².